The second-order valence-electron chi connectivity index (χ2n) is 5.31. The Bertz CT molecular complexity index is 480. The zero-order valence-electron chi connectivity index (χ0n) is 11.6. The summed E-state index contributed by atoms with van der Waals surface area (Å²) < 4.78 is 0. The minimum absolute atomic E-state index is 0.0219. The van der Waals surface area contributed by atoms with Crippen molar-refractivity contribution in [1.29, 1.82) is 0 Å². The van der Waals surface area contributed by atoms with Gasteiger partial charge in [0, 0.05) is 30.7 Å². The Labute approximate surface area is 119 Å². The van der Waals surface area contributed by atoms with E-state index in [1.807, 2.05) is 4.90 Å². The molecule has 0 saturated carbocycles. The first-order valence-electron chi connectivity index (χ1n) is 6.46. The zero-order chi connectivity index (χ0) is 14.2. The number of nitrogens with two attached hydrogens (primary N) is 1. The minimum atomic E-state index is 0.0219. The third-order valence-corrected chi connectivity index (χ3v) is 4.22. The van der Waals surface area contributed by atoms with Gasteiger partial charge in [-0.25, -0.2) is 0 Å². The van der Waals surface area contributed by atoms with Crippen molar-refractivity contribution in [3.63, 3.8) is 0 Å². The van der Waals surface area contributed by atoms with Crippen molar-refractivity contribution < 1.29 is 4.79 Å². The quantitative estimate of drug-likeness (QED) is 0.802. The molecule has 5 heteroatoms. The molecule has 4 nitrogen and oxygen atoms in total. The van der Waals surface area contributed by atoms with E-state index in [4.69, 9.17) is 17.3 Å². The number of piperazine rings is 1. The van der Waals surface area contributed by atoms with E-state index in [0.29, 0.717) is 28.4 Å². The fourth-order valence-corrected chi connectivity index (χ4v) is 2.59. The summed E-state index contributed by atoms with van der Waals surface area (Å²) in [5.41, 5.74) is 6.76. The van der Waals surface area contributed by atoms with E-state index in [9.17, 15) is 4.79 Å². The van der Waals surface area contributed by atoms with Crippen molar-refractivity contribution in [3.05, 3.63) is 28.8 Å². The predicted molar refractivity (Wildman–Crippen MR) is 78.5 cm³/mol. The highest BCUT2D eigenvalue weighted by Crippen LogP contribution is 2.22. The first kappa shape index (κ1) is 14.2. The van der Waals surface area contributed by atoms with Crippen LogP contribution in [0.15, 0.2) is 18.2 Å². The molecule has 0 bridgehead atoms. The number of amides is 1. The van der Waals surface area contributed by atoms with Gasteiger partial charge in [-0.15, -0.1) is 0 Å². The minimum Gasteiger partial charge on any atom is -0.398 e. The highest BCUT2D eigenvalue weighted by Gasteiger charge is 2.29. The van der Waals surface area contributed by atoms with Crippen molar-refractivity contribution >= 4 is 23.2 Å². The van der Waals surface area contributed by atoms with E-state index >= 15 is 0 Å². The topological polar surface area (TPSA) is 49.6 Å². The van der Waals surface area contributed by atoms with Crippen LogP contribution in [-0.2, 0) is 0 Å². The van der Waals surface area contributed by atoms with E-state index < -0.39 is 0 Å². The summed E-state index contributed by atoms with van der Waals surface area (Å²) >= 11 is 5.97. The molecular formula is C14H20ClN3O. The van der Waals surface area contributed by atoms with E-state index in [2.05, 4.69) is 25.8 Å². The van der Waals surface area contributed by atoms with Crippen LogP contribution in [0.3, 0.4) is 0 Å². The molecule has 1 saturated heterocycles. The summed E-state index contributed by atoms with van der Waals surface area (Å²) in [5.74, 6) is 0.0219. The molecule has 1 fully saturated rings. The Morgan fingerprint density at radius 3 is 2.42 bits per heavy atom. The largest absolute Gasteiger partial charge is 0.398 e. The summed E-state index contributed by atoms with van der Waals surface area (Å²) in [6.45, 7) is 5.74. The van der Waals surface area contributed by atoms with Gasteiger partial charge < -0.3 is 10.6 Å². The number of benzene rings is 1. The van der Waals surface area contributed by atoms with Crippen LogP contribution in [-0.4, -0.2) is 47.9 Å². The monoisotopic (exact) mass is 281 g/mol. The van der Waals surface area contributed by atoms with Gasteiger partial charge in [0.1, 0.15) is 0 Å². The molecule has 0 aliphatic carbocycles. The fraction of sp³-hybridized carbons (Fsp3) is 0.500. The third kappa shape index (κ3) is 2.85. The smallest absolute Gasteiger partial charge is 0.254 e. The molecule has 1 aromatic carbocycles. The van der Waals surface area contributed by atoms with Gasteiger partial charge in [0.2, 0.25) is 0 Å². The van der Waals surface area contributed by atoms with Crippen molar-refractivity contribution in [2.75, 3.05) is 25.9 Å². The van der Waals surface area contributed by atoms with Crippen LogP contribution in [0, 0.1) is 0 Å². The van der Waals surface area contributed by atoms with Gasteiger partial charge in [-0.1, -0.05) is 11.6 Å². The van der Waals surface area contributed by atoms with Gasteiger partial charge in [-0.05, 0) is 39.1 Å². The number of nitrogens with zero attached hydrogens (tertiary/aromatic N) is 2. The van der Waals surface area contributed by atoms with Gasteiger partial charge >= 0.3 is 0 Å². The molecule has 0 spiro atoms. The molecule has 0 radical (unpaired) electrons. The zero-order valence-corrected chi connectivity index (χ0v) is 12.3. The maximum Gasteiger partial charge on any atom is 0.254 e. The van der Waals surface area contributed by atoms with Crippen LogP contribution in [0.25, 0.3) is 0 Å². The van der Waals surface area contributed by atoms with Crippen molar-refractivity contribution in [3.8, 4) is 0 Å². The molecule has 1 aliphatic heterocycles. The lowest BCUT2D eigenvalue weighted by Gasteiger charge is -2.42. The van der Waals surface area contributed by atoms with Crippen LogP contribution >= 0.6 is 11.6 Å². The molecule has 1 heterocycles. The van der Waals surface area contributed by atoms with Gasteiger partial charge in [0.05, 0.1) is 10.7 Å². The molecular weight excluding hydrogens is 262 g/mol. The number of rotatable bonds is 1. The second-order valence-corrected chi connectivity index (χ2v) is 5.72. The molecule has 2 unspecified atom stereocenters. The average molecular weight is 282 g/mol. The third-order valence-electron chi connectivity index (χ3n) is 3.89. The molecule has 1 aromatic rings. The van der Waals surface area contributed by atoms with Crippen molar-refractivity contribution in [2.24, 2.45) is 0 Å². The number of hydrogen-bond acceptors (Lipinski definition) is 3. The van der Waals surface area contributed by atoms with E-state index in [-0.39, 0.29) is 5.91 Å². The highest BCUT2D eigenvalue weighted by atomic mass is 35.5. The lowest BCUT2D eigenvalue weighted by Crippen LogP contribution is -2.56. The maximum atomic E-state index is 12.5. The van der Waals surface area contributed by atoms with E-state index in [1.54, 1.807) is 18.2 Å². The van der Waals surface area contributed by atoms with Crippen LogP contribution in [0.1, 0.15) is 24.2 Å². The number of hydrogen-bond donors (Lipinski definition) is 1. The van der Waals surface area contributed by atoms with Gasteiger partial charge in [-0.2, -0.15) is 0 Å². The number of likely N-dealkylation sites (N-methyl/N-ethyl adjacent to an activating group) is 1. The number of halogens is 1. The Hall–Kier alpha value is -1.26. The normalized spacial score (nSPS) is 24.5. The summed E-state index contributed by atoms with van der Waals surface area (Å²) in [5, 5.41) is 0.432. The number of carbonyl (C=O) groups is 1. The number of nitrogen functional groups attached to an aromatic ring is 1. The molecule has 0 aromatic heterocycles. The summed E-state index contributed by atoms with van der Waals surface area (Å²) in [7, 11) is 2.09. The Balaban J connectivity index is 2.17. The first-order valence-corrected chi connectivity index (χ1v) is 6.84. The summed E-state index contributed by atoms with van der Waals surface area (Å²) in [6, 6.07) is 5.77. The van der Waals surface area contributed by atoms with Crippen molar-refractivity contribution in [2.45, 2.75) is 25.9 Å². The van der Waals surface area contributed by atoms with E-state index in [1.165, 1.54) is 0 Å². The molecule has 2 atom stereocenters. The maximum absolute atomic E-state index is 12.5. The van der Waals surface area contributed by atoms with Gasteiger partial charge in [0.25, 0.3) is 5.91 Å². The average Bonchev–Trinajstić information content (AvgIpc) is 2.37. The molecule has 1 aliphatic rings. The number of anilines is 1. The van der Waals surface area contributed by atoms with Crippen molar-refractivity contribution in [1.82, 2.24) is 9.80 Å². The Morgan fingerprint density at radius 1 is 1.32 bits per heavy atom. The molecule has 2 N–H and O–H groups in total. The SMILES string of the molecule is CC1CN(C(=O)c2ccc(N)c(Cl)c2)CC(C)N1C. The Kier molecular flexibility index (Phi) is 4.02. The van der Waals surface area contributed by atoms with Gasteiger partial charge in [-0.3, -0.25) is 9.69 Å². The number of carbonyl (C=O) groups excluding carboxylic acids is 1. The molecule has 1 amide bonds. The fourth-order valence-electron chi connectivity index (χ4n) is 2.41. The second kappa shape index (κ2) is 5.39. The molecule has 19 heavy (non-hydrogen) atoms. The van der Waals surface area contributed by atoms with Gasteiger partial charge in [0.15, 0.2) is 0 Å². The molecule has 104 valence electrons. The van der Waals surface area contributed by atoms with Crippen LogP contribution in [0.2, 0.25) is 5.02 Å². The molecule has 2 rings (SSSR count). The van der Waals surface area contributed by atoms with Crippen LogP contribution in [0.5, 0.6) is 0 Å². The lowest BCUT2D eigenvalue weighted by molar-refractivity contribution is 0.0414. The van der Waals surface area contributed by atoms with E-state index in [0.717, 1.165) is 13.1 Å². The van der Waals surface area contributed by atoms with Crippen LogP contribution in [0.4, 0.5) is 5.69 Å². The predicted octanol–water partition coefficient (Wildman–Crippen LogP) is 2.09. The summed E-state index contributed by atoms with van der Waals surface area (Å²) in [4.78, 5) is 16.6. The lowest BCUT2D eigenvalue weighted by atomic mass is 10.1. The highest BCUT2D eigenvalue weighted by molar-refractivity contribution is 6.33. The Morgan fingerprint density at radius 2 is 1.89 bits per heavy atom. The first-order chi connectivity index (χ1) is 8.90. The standard InChI is InChI=1S/C14H20ClN3O/c1-9-7-18(8-10(2)17(9)3)14(19)11-4-5-13(16)12(15)6-11/h4-6,9-10H,7-8,16H2,1-3H3. The van der Waals surface area contributed by atoms with Crippen LogP contribution < -0.4 is 5.73 Å². The summed E-state index contributed by atoms with van der Waals surface area (Å²) in [6.07, 6.45) is 0.